The fraction of sp³-hybridized carbons (Fsp3) is 0.0667. The van der Waals surface area contributed by atoms with Gasteiger partial charge in [0.1, 0.15) is 5.76 Å². The van der Waals surface area contributed by atoms with Crippen LogP contribution in [-0.2, 0) is 4.79 Å². The number of carbonyl (C=O) groups excluding carboxylic acids is 1. The largest absolute Gasteiger partial charge is 0.478 e. The summed E-state index contributed by atoms with van der Waals surface area (Å²) in [6.45, 7) is 1.76. The summed E-state index contributed by atoms with van der Waals surface area (Å²) in [6.07, 6.45) is 2.49. The monoisotopic (exact) mass is 271 g/mol. The summed E-state index contributed by atoms with van der Waals surface area (Å²) < 4.78 is 5.22. The lowest BCUT2D eigenvalue weighted by Gasteiger charge is -2.04. The Morgan fingerprint density at radius 1 is 1.25 bits per heavy atom. The molecule has 2 rings (SSSR count). The first-order valence-corrected chi connectivity index (χ1v) is 5.93. The van der Waals surface area contributed by atoms with Crippen LogP contribution in [0, 0.1) is 6.92 Å². The predicted molar refractivity (Wildman–Crippen MR) is 74.5 cm³/mol. The van der Waals surface area contributed by atoms with Gasteiger partial charge < -0.3 is 14.8 Å². The fourth-order valence-electron chi connectivity index (χ4n) is 1.64. The van der Waals surface area contributed by atoms with Crippen molar-refractivity contribution in [1.29, 1.82) is 0 Å². The molecule has 102 valence electrons. The van der Waals surface area contributed by atoms with E-state index < -0.39 is 5.97 Å². The van der Waals surface area contributed by atoms with Crippen molar-refractivity contribution in [1.82, 2.24) is 0 Å². The highest BCUT2D eigenvalue weighted by Crippen LogP contribution is 2.14. The molecule has 0 bridgehead atoms. The van der Waals surface area contributed by atoms with E-state index >= 15 is 0 Å². The Balaban J connectivity index is 2.11. The van der Waals surface area contributed by atoms with Crippen molar-refractivity contribution in [3.63, 3.8) is 0 Å². The molecule has 0 fully saturated rings. The molecule has 20 heavy (non-hydrogen) atoms. The number of furan rings is 1. The first kappa shape index (κ1) is 13.6. The van der Waals surface area contributed by atoms with E-state index in [1.54, 1.807) is 43.3 Å². The lowest BCUT2D eigenvalue weighted by atomic mass is 10.2. The van der Waals surface area contributed by atoms with Crippen LogP contribution < -0.4 is 5.32 Å². The second-order valence-electron chi connectivity index (χ2n) is 4.16. The van der Waals surface area contributed by atoms with Crippen LogP contribution in [-0.4, -0.2) is 17.0 Å². The summed E-state index contributed by atoms with van der Waals surface area (Å²) in [4.78, 5) is 22.3. The van der Waals surface area contributed by atoms with E-state index in [0.29, 0.717) is 17.0 Å². The van der Waals surface area contributed by atoms with Gasteiger partial charge in [-0.1, -0.05) is 12.1 Å². The van der Waals surface area contributed by atoms with Crippen molar-refractivity contribution in [2.24, 2.45) is 0 Å². The van der Waals surface area contributed by atoms with E-state index in [1.165, 1.54) is 6.08 Å². The number of hydrogen-bond acceptors (Lipinski definition) is 3. The number of carbonyl (C=O) groups is 2. The Labute approximate surface area is 115 Å². The molecule has 1 aromatic carbocycles. The molecule has 0 aliphatic carbocycles. The van der Waals surface area contributed by atoms with Crippen LogP contribution in [0.2, 0.25) is 0 Å². The fourth-order valence-corrected chi connectivity index (χ4v) is 1.64. The first-order valence-electron chi connectivity index (χ1n) is 5.93. The zero-order chi connectivity index (χ0) is 14.5. The van der Waals surface area contributed by atoms with Gasteiger partial charge in [-0.05, 0) is 42.8 Å². The minimum Gasteiger partial charge on any atom is -0.478 e. The minimum absolute atomic E-state index is 0.231. The highest BCUT2D eigenvalue weighted by molar-refractivity contribution is 6.02. The molecule has 2 aromatic rings. The van der Waals surface area contributed by atoms with Gasteiger partial charge in [0.05, 0.1) is 0 Å². The van der Waals surface area contributed by atoms with E-state index in [-0.39, 0.29) is 11.7 Å². The number of benzene rings is 1. The van der Waals surface area contributed by atoms with Gasteiger partial charge in [0.2, 0.25) is 0 Å². The second-order valence-corrected chi connectivity index (χ2v) is 4.16. The topological polar surface area (TPSA) is 79.5 Å². The standard InChI is InChI=1S/C15H13NO4/c1-10-5-7-13(20-10)15(19)16-12-4-2-3-11(9-12)6-8-14(17)18/h2-9H,1H3,(H,16,19)(H,17,18). The maximum Gasteiger partial charge on any atom is 0.328 e. The number of carboxylic acid groups (broad SMARTS) is 1. The molecule has 1 amide bonds. The van der Waals surface area contributed by atoms with E-state index in [0.717, 1.165) is 6.08 Å². The molecule has 1 heterocycles. The van der Waals surface area contributed by atoms with Crippen LogP contribution in [0.4, 0.5) is 5.69 Å². The molecule has 2 N–H and O–H groups in total. The number of hydrogen-bond donors (Lipinski definition) is 2. The van der Waals surface area contributed by atoms with Crippen LogP contribution >= 0.6 is 0 Å². The molecular weight excluding hydrogens is 258 g/mol. The minimum atomic E-state index is -1.02. The van der Waals surface area contributed by atoms with E-state index in [4.69, 9.17) is 9.52 Å². The van der Waals surface area contributed by atoms with Crippen LogP contribution in [0.5, 0.6) is 0 Å². The average Bonchev–Trinajstić information content (AvgIpc) is 2.84. The van der Waals surface area contributed by atoms with Crippen molar-refractivity contribution in [2.45, 2.75) is 6.92 Å². The normalized spacial score (nSPS) is 10.7. The quantitative estimate of drug-likeness (QED) is 0.838. The Bertz CT molecular complexity index is 670. The number of aryl methyl sites for hydroxylation is 1. The summed E-state index contributed by atoms with van der Waals surface area (Å²) in [6, 6.07) is 10.2. The summed E-state index contributed by atoms with van der Waals surface area (Å²) in [5.41, 5.74) is 1.25. The Hall–Kier alpha value is -2.82. The van der Waals surface area contributed by atoms with E-state index in [9.17, 15) is 9.59 Å². The number of amides is 1. The van der Waals surface area contributed by atoms with Gasteiger partial charge in [-0.25, -0.2) is 4.79 Å². The van der Waals surface area contributed by atoms with Gasteiger partial charge in [0, 0.05) is 11.8 Å². The maximum absolute atomic E-state index is 11.9. The molecule has 0 atom stereocenters. The Morgan fingerprint density at radius 2 is 2.05 bits per heavy atom. The molecule has 1 aromatic heterocycles. The van der Waals surface area contributed by atoms with Crippen molar-refractivity contribution in [2.75, 3.05) is 5.32 Å². The van der Waals surface area contributed by atoms with Crippen LogP contribution in [0.25, 0.3) is 6.08 Å². The highest BCUT2D eigenvalue weighted by Gasteiger charge is 2.09. The molecule has 5 nitrogen and oxygen atoms in total. The molecule has 0 unspecified atom stereocenters. The smallest absolute Gasteiger partial charge is 0.328 e. The maximum atomic E-state index is 11.9. The van der Waals surface area contributed by atoms with Gasteiger partial charge >= 0.3 is 5.97 Å². The average molecular weight is 271 g/mol. The molecule has 0 saturated carbocycles. The number of aliphatic carboxylic acids is 1. The Kier molecular flexibility index (Phi) is 4.00. The Morgan fingerprint density at radius 3 is 2.70 bits per heavy atom. The number of rotatable bonds is 4. The SMILES string of the molecule is Cc1ccc(C(=O)Nc2cccc(C=CC(=O)O)c2)o1. The molecule has 0 aliphatic heterocycles. The van der Waals surface area contributed by atoms with Gasteiger partial charge in [-0.15, -0.1) is 0 Å². The molecular formula is C15H13NO4. The third-order valence-corrected chi connectivity index (χ3v) is 2.53. The van der Waals surface area contributed by atoms with Crippen LogP contribution in [0.3, 0.4) is 0 Å². The zero-order valence-corrected chi connectivity index (χ0v) is 10.8. The summed E-state index contributed by atoms with van der Waals surface area (Å²) in [5, 5.41) is 11.3. The molecule has 0 aliphatic rings. The van der Waals surface area contributed by atoms with Gasteiger partial charge in [-0.2, -0.15) is 0 Å². The zero-order valence-electron chi connectivity index (χ0n) is 10.8. The van der Waals surface area contributed by atoms with Gasteiger partial charge in [0.25, 0.3) is 5.91 Å². The summed E-state index contributed by atoms with van der Waals surface area (Å²) in [7, 11) is 0. The van der Waals surface area contributed by atoms with Crippen molar-refractivity contribution in [3.05, 3.63) is 59.6 Å². The first-order chi connectivity index (χ1) is 9.54. The summed E-state index contributed by atoms with van der Waals surface area (Å²) in [5.74, 6) is -0.481. The highest BCUT2D eigenvalue weighted by atomic mass is 16.4. The molecule has 0 spiro atoms. The number of anilines is 1. The third kappa shape index (κ3) is 3.58. The molecule has 5 heteroatoms. The molecule has 0 radical (unpaired) electrons. The van der Waals surface area contributed by atoms with Crippen LogP contribution in [0.1, 0.15) is 21.9 Å². The van der Waals surface area contributed by atoms with E-state index in [1.807, 2.05) is 0 Å². The van der Waals surface area contributed by atoms with Crippen LogP contribution in [0.15, 0.2) is 46.9 Å². The lowest BCUT2D eigenvalue weighted by Crippen LogP contribution is -2.10. The van der Waals surface area contributed by atoms with E-state index in [2.05, 4.69) is 5.32 Å². The summed E-state index contributed by atoms with van der Waals surface area (Å²) >= 11 is 0. The third-order valence-electron chi connectivity index (χ3n) is 2.53. The van der Waals surface area contributed by atoms with Gasteiger partial charge in [-0.3, -0.25) is 4.79 Å². The van der Waals surface area contributed by atoms with Gasteiger partial charge in [0.15, 0.2) is 5.76 Å². The predicted octanol–water partition coefficient (Wildman–Crippen LogP) is 2.94. The molecule has 0 saturated heterocycles. The second kappa shape index (κ2) is 5.88. The van der Waals surface area contributed by atoms with Crippen molar-refractivity contribution >= 4 is 23.6 Å². The van der Waals surface area contributed by atoms with Crippen molar-refractivity contribution in [3.8, 4) is 0 Å². The van der Waals surface area contributed by atoms with Crippen molar-refractivity contribution < 1.29 is 19.1 Å². The number of carboxylic acids is 1. The number of nitrogens with one attached hydrogen (secondary N) is 1. The lowest BCUT2D eigenvalue weighted by molar-refractivity contribution is -0.131.